The molecule has 0 spiro atoms. The second kappa shape index (κ2) is 12.5. The lowest BCUT2D eigenvalue weighted by atomic mass is 10.1. The Morgan fingerprint density at radius 3 is 1.32 bits per heavy atom. The average Bonchev–Trinajstić information content (AvgIpc) is 2.93. The van der Waals surface area contributed by atoms with Crippen LogP contribution >= 0.6 is 0 Å². The van der Waals surface area contributed by atoms with E-state index >= 15 is 0 Å². The fraction of sp³-hybridized carbons (Fsp3) is 0.0667. The number of carboxylic acid groups (broad SMARTS) is 2. The van der Waals surface area contributed by atoms with Crippen molar-refractivity contribution >= 4 is 34.7 Å². The number of hydrogen-bond acceptors (Lipinski definition) is 6. The van der Waals surface area contributed by atoms with Crippen LogP contribution in [0.1, 0.15) is 20.7 Å². The smallest absolute Gasteiger partial charge is 0.337 e. The predicted molar refractivity (Wildman–Crippen MR) is 145 cm³/mol. The molecule has 0 saturated heterocycles. The number of rotatable bonds is 10. The number of ether oxygens (including phenoxy) is 2. The third-order valence-electron chi connectivity index (χ3n) is 5.33. The number of anilines is 4. The van der Waals surface area contributed by atoms with Crippen molar-refractivity contribution in [2.75, 3.05) is 23.8 Å². The van der Waals surface area contributed by atoms with Gasteiger partial charge in [0.25, 0.3) is 0 Å². The van der Waals surface area contributed by atoms with Crippen LogP contribution in [0.4, 0.5) is 22.7 Å². The molecule has 0 amide bonds. The summed E-state index contributed by atoms with van der Waals surface area (Å²) in [5.41, 5.74) is 2.87. The van der Waals surface area contributed by atoms with Gasteiger partial charge in [0, 0.05) is 11.4 Å². The maximum absolute atomic E-state index is 11.3. The first-order valence-electron chi connectivity index (χ1n) is 11.6. The van der Waals surface area contributed by atoms with Crippen molar-refractivity contribution in [3.8, 4) is 23.3 Å². The number of hydrogen-bond donors (Lipinski definition) is 4. The summed E-state index contributed by atoms with van der Waals surface area (Å²) in [6.45, 7) is 0.369. The Kier molecular flexibility index (Phi) is 8.45. The van der Waals surface area contributed by atoms with E-state index < -0.39 is 11.9 Å². The third kappa shape index (κ3) is 7.06. The van der Waals surface area contributed by atoms with Crippen molar-refractivity contribution < 1.29 is 29.3 Å². The van der Waals surface area contributed by atoms with Crippen LogP contribution < -0.4 is 20.1 Å². The minimum absolute atomic E-state index is 0.184. The highest BCUT2D eigenvalue weighted by molar-refractivity contribution is 5.95. The molecule has 0 aliphatic heterocycles. The quantitative estimate of drug-likeness (QED) is 0.192. The number of carboxylic acids is 2. The largest absolute Gasteiger partial charge is 0.481 e. The minimum Gasteiger partial charge on any atom is -0.481 e. The van der Waals surface area contributed by atoms with Gasteiger partial charge in [0.05, 0.1) is 22.5 Å². The molecule has 0 fully saturated rings. The fourth-order valence-corrected chi connectivity index (χ4v) is 3.48. The first-order chi connectivity index (χ1) is 18.5. The van der Waals surface area contributed by atoms with Gasteiger partial charge in [-0.2, -0.15) is 0 Å². The zero-order chi connectivity index (χ0) is 26.7. The van der Waals surface area contributed by atoms with Crippen LogP contribution in [0.3, 0.4) is 0 Å². The standard InChI is InChI=1S/C30H24N2O6/c33-29(34)25-7-1-3-9-27(25)31-21-11-15-23(16-12-21)37-19-5-6-20-38-24-17-13-22(14-18-24)32-28-10-4-2-8-26(28)30(35)36/h1-4,7-18,31-32H,19-20H2,(H,33,34)(H,35,36). The van der Waals surface area contributed by atoms with E-state index in [2.05, 4.69) is 22.5 Å². The number of carbonyl (C=O) groups is 2. The van der Waals surface area contributed by atoms with Gasteiger partial charge in [-0.3, -0.25) is 0 Å². The molecule has 38 heavy (non-hydrogen) atoms. The molecule has 4 rings (SSSR count). The van der Waals surface area contributed by atoms with Gasteiger partial charge in [-0.25, -0.2) is 9.59 Å². The summed E-state index contributed by atoms with van der Waals surface area (Å²) in [5.74, 6) is 5.05. The van der Waals surface area contributed by atoms with E-state index in [0.29, 0.717) is 22.9 Å². The van der Waals surface area contributed by atoms with E-state index in [0.717, 1.165) is 11.4 Å². The Morgan fingerprint density at radius 1 is 0.579 bits per heavy atom. The molecule has 8 nitrogen and oxygen atoms in total. The normalized spacial score (nSPS) is 10.0. The van der Waals surface area contributed by atoms with Gasteiger partial charge < -0.3 is 30.3 Å². The molecule has 0 unspecified atom stereocenters. The molecular formula is C30H24N2O6. The van der Waals surface area contributed by atoms with Crippen LogP contribution in [0.2, 0.25) is 0 Å². The number of benzene rings is 4. The number of para-hydroxylation sites is 2. The van der Waals surface area contributed by atoms with Crippen LogP contribution in [-0.4, -0.2) is 35.4 Å². The molecule has 0 bridgehead atoms. The molecule has 0 radical (unpaired) electrons. The second-order valence-corrected chi connectivity index (χ2v) is 7.93. The second-order valence-electron chi connectivity index (χ2n) is 7.93. The van der Waals surface area contributed by atoms with Gasteiger partial charge in [-0.05, 0) is 72.8 Å². The van der Waals surface area contributed by atoms with Crippen LogP contribution in [-0.2, 0) is 0 Å². The van der Waals surface area contributed by atoms with Crippen molar-refractivity contribution in [1.29, 1.82) is 0 Å². The van der Waals surface area contributed by atoms with Gasteiger partial charge in [-0.1, -0.05) is 36.1 Å². The Bertz CT molecular complexity index is 1360. The van der Waals surface area contributed by atoms with Gasteiger partial charge in [0.2, 0.25) is 0 Å². The number of aromatic carboxylic acids is 2. The summed E-state index contributed by atoms with van der Waals surface area (Å²) < 4.78 is 11.2. The molecular weight excluding hydrogens is 484 g/mol. The number of nitrogens with one attached hydrogen (secondary N) is 2. The molecule has 0 atom stereocenters. The van der Waals surface area contributed by atoms with E-state index in [1.54, 1.807) is 97.1 Å². The highest BCUT2D eigenvalue weighted by atomic mass is 16.5. The maximum Gasteiger partial charge on any atom is 0.337 e. The fourth-order valence-electron chi connectivity index (χ4n) is 3.48. The summed E-state index contributed by atoms with van der Waals surface area (Å²) in [4.78, 5) is 22.7. The lowest BCUT2D eigenvalue weighted by Gasteiger charge is -2.10. The molecule has 4 N–H and O–H groups in total. The first-order valence-corrected chi connectivity index (χ1v) is 11.6. The van der Waals surface area contributed by atoms with E-state index in [-0.39, 0.29) is 24.3 Å². The Morgan fingerprint density at radius 2 is 0.947 bits per heavy atom. The van der Waals surface area contributed by atoms with Crippen molar-refractivity contribution in [3.05, 3.63) is 108 Å². The molecule has 0 aliphatic rings. The van der Waals surface area contributed by atoms with Gasteiger partial charge in [-0.15, -0.1) is 0 Å². The molecule has 0 heterocycles. The summed E-state index contributed by atoms with van der Waals surface area (Å²) in [7, 11) is 0. The highest BCUT2D eigenvalue weighted by Gasteiger charge is 2.10. The lowest BCUT2D eigenvalue weighted by Crippen LogP contribution is -2.02. The van der Waals surface area contributed by atoms with E-state index in [4.69, 9.17) is 9.47 Å². The monoisotopic (exact) mass is 508 g/mol. The zero-order valence-electron chi connectivity index (χ0n) is 20.2. The van der Waals surface area contributed by atoms with Gasteiger partial charge in [0.1, 0.15) is 24.7 Å². The topological polar surface area (TPSA) is 117 Å². The molecule has 0 saturated carbocycles. The van der Waals surface area contributed by atoms with Crippen LogP contribution in [0.15, 0.2) is 97.1 Å². The van der Waals surface area contributed by atoms with Crippen molar-refractivity contribution in [3.63, 3.8) is 0 Å². The highest BCUT2D eigenvalue weighted by Crippen LogP contribution is 2.24. The van der Waals surface area contributed by atoms with Crippen molar-refractivity contribution in [2.24, 2.45) is 0 Å². The zero-order valence-corrected chi connectivity index (χ0v) is 20.2. The van der Waals surface area contributed by atoms with E-state index in [9.17, 15) is 19.8 Å². The Labute approximate surface area is 219 Å². The van der Waals surface area contributed by atoms with Crippen LogP contribution in [0.25, 0.3) is 0 Å². The van der Waals surface area contributed by atoms with Crippen molar-refractivity contribution in [2.45, 2.75) is 0 Å². The molecule has 190 valence electrons. The van der Waals surface area contributed by atoms with Crippen molar-refractivity contribution in [1.82, 2.24) is 0 Å². The van der Waals surface area contributed by atoms with E-state index in [1.807, 2.05) is 0 Å². The summed E-state index contributed by atoms with van der Waals surface area (Å²) in [5, 5.41) is 24.8. The van der Waals surface area contributed by atoms with E-state index in [1.165, 1.54) is 0 Å². The molecule has 4 aromatic carbocycles. The minimum atomic E-state index is -0.997. The van der Waals surface area contributed by atoms with Gasteiger partial charge in [0.15, 0.2) is 0 Å². The summed E-state index contributed by atoms with van der Waals surface area (Å²) >= 11 is 0. The average molecular weight is 509 g/mol. The lowest BCUT2D eigenvalue weighted by molar-refractivity contribution is 0.0687. The molecule has 4 aromatic rings. The maximum atomic E-state index is 11.3. The molecule has 0 aromatic heterocycles. The first kappa shape index (κ1) is 25.7. The molecule has 8 heteroatoms. The summed E-state index contributed by atoms with van der Waals surface area (Å²) in [6, 6.07) is 27.7. The van der Waals surface area contributed by atoms with Crippen LogP contribution in [0, 0.1) is 11.8 Å². The third-order valence-corrected chi connectivity index (χ3v) is 5.33. The van der Waals surface area contributed by atoms with Gasteiger partial charge >= 0.3 is 11.9 Å². The Hall–Kier alpha value is -5.42. The van der Waals surface area contributed by atoms with Crippen LogP contribution in [0.5, 0.6) is 11.5 Å². The Balaban J connectivity index is 1.21. The predicted octanol–water partition coefficient (Wildman–Crippen LogP) is 6.03. The molecule has 0 aliphatic carbocycles. The summed E-state index contributed by atoms with van der Waals surface area (Å²) in [6.07, 6.45) is 0. The SMILES string of the molecule is O=C(O)c1ccccc1Nc1ccc(OCC#CCOc2ccc(Nc3ccccc3C(=O)O)cc2)cc1.